The summed E-state index contributed by atoms with van der Waals surface area (Å²) in [5, 5.41) is 0.553. The van der Waals surface area contributed by atoms with Crippen molar-refractivity contribution in [2.45, 2.75) is 12.8 Å². The van der Waals surface area contributed by atoms with Crippen molar-refractivity contribution in [3.63, 3.8) is 0 Å². The molecule has 0 radical (unpaired) electrons. The van der Waals surface area contributed by atoms with E-state index in [2.05, 4.69) is 0 Å². The third-order valence-corrected chi connectivity index (χ3v) is 2.35. The zero-order valence-corrected chi connectivity index (χ0v) is 8.12. The highest BCUT2D eigenvalue weighted by Crippen LogP contribution is 2.21. The maximum Gasteiger partial charge on any atom is 0.150 e. The monoisotopic (exact) mass is 202 g/mol. The molecule has 0 heterocycles. The van der Waals surface area contributed by atoms with Crippen molar-refractivity contribution >= 4 is 29.5 Å². The molecule has 0 bridgehead atoms. The second-order valence-electron chi connectivity index (χ2n) is 2.55. The molecule has 12 heavy (non-hydrogen) atoms. The highest BCUT2D eigenvalue weighted by Gasteiger charge is 2.03. The smallest absolute Gasteiger partial charge is 0.150 e. The molecule has 0 N–H and O–H groups in total. The van der Waals surface area contributed by atoms with Gasteiger partial charge in [0.2, 0.25) is 0 Å². The molecule has 0 saturated carbocycles. The van der Waals surface area contributed by atoms with Gasteiger partial charge in [0.05, 0.1) is 0 Å². The van der Waals surface area contributed by atoms with E-state index < -0.39 is 0 Å². The van der Waals surface area contributed by atoms with Crippen molar-refractivity contribution in [3.05, 3.63) is 33.8 Å². The van der Waals surface area contributed by atoms with E-state index in [0.717, 1.165) is 17.4 Å². The Kier molecular flexibility index (Phi) is 3.12. The summed E-state index contributed by atoms with van der Waals surface area (Å²) in [6.07, 6.45) is 0.791. The maximum absolute atomic E-state index is 10.5. The van der Waals surface area contributed by atoms with E-state index in [-0.39, 0.29) is 0 Å². The van der Waals surface area contributed by atoms with Gasteiger partial charge in [-0.15, -0.1) is 11.6 Å². The summed E-state index contributed by atoms with van der Waals surface area (Å²) in [5.41, 5.74) is 2.39. The summed E-state index contributed by atoms with van der Waals surface area (Å²) < 4.78 is 0. The van der Waals surface area contributed by atoms with Gasteiger partial charge in [-0.3, -0.25) is 4.79 Å². The molecular formula is C9H8Cl2O. The van der Waals surface area contributed by atoms with Gasteiger partial charge in [-0.2, -0.15) is 0 Å². The summed E-state index contributed by atoms with van der Waals surface area (Å²) in [6, 6.07) is 3.47. The molecule has 0 aliphatic rings. The zero-order chi connectivity index (χ0) is 9.14. The Morgan fingerprint density at radius 1 is 1.50 bits per heavy atom. The van der Waals surface area contributed by atoms with Crippen LogP contribution in [0.4, 0.5) is 0 Å². The Balaban J connectivity index is 3.25. The lowest BCUT2D eigenvalue weighted by Gasteiger charge is -2.03. The summed E-state index contributed by atoms with van der Waals surface area (Å²) >= 11 is 11.5. The Labute approximate surface area is 81.3 Å². The minimum Gasteiger partial charge on any atom is -0.298 e. The van der Waals surface area contributed by atoms with E-state index >= 15 is 0 Å². The van der Waals surface area contributed by atoms with Crippen molar-refractivity contribution in [2.75, 3.05) is 0 Å². The van der Waals surface area contributed by atoms with Crippen molar-refractivity contribution < 1.29 is 4.79 Å². The Hall–Kier alpha value is -0.530. The molecule has 1 rings (SSSR count). The standard InChI is InChI=1S/C9H8Cl2O/c1-6-2-7(4-10)9(11)3-8(6)5-12/h2-3,5H,4H2,1H3. The number of aryl methyl sites for hydroxylation is 1. The van der Waals surface area contributed by atoms with Gasteiger partial charge in [-0.05, 0) is 24.1 Å². The zero-order valence-electron chi connectivity index (χ0n) is 6.60. The normalized spacial score (nSPS) is 9.92. The third kappa shape index (κ3) is 1.79. The Bertz CT molecular complexity index is 308. The predicted octanol–water partition coefficient (Wildman–Crippen LogP) is 3.20. The molecule has 3 heteroatoms. The first-order valence-electron chi connectivity index (χ1n) is 3.49. The molecule has 0 fully saturated rings. The van der Waals surface area contributed by atoms with E-state index in [1.165, 1.54) is 0 Å². The van der Waals surface area contributed by atoms with Crippen molar-refractivity contribution in [3.8, 4) is 0 Å². The molecule has 0 aliphatic carbocycles. The lowest BCUT2D eigenvalue weighted by atomic mass is 10.1. The molecule has 0 aliphatic heterocycles. The first kappa shape index (κ1) is 9.56. The van der Waals surface area contributed by atoms with Crippen LogP contribution in [0, 0.1) is 6.92 Å². The fourth-order valence-corrected chi connectivity index (χ4v) is 1.51. The number of hydrogen-bond acceptors (Lipinski definition) is 1. The third-order valence-electron chi connectivity index (χ3n) is 1.71. The highest BCUT2D eigenvalue weighted by atomic mass is 35.5. The van der Waals surface area contributed by atoms with Crippen LogP contribution in [-0.4, -0.2) is 6.29 Å². The molecule has 1 aromatic carbocycles. The average Bonchev–Trinajstić information content (AvgIpc) is 2.08. The summed E-state index contributed by atoms with van der Waals surface area (Å²) in [7, 11) is 0. The van der Waals surface area contributed by atoms with Crippen LogP contribution in [0.3, 0.4) is 0 Å². The Morgan fingerprint density at radius 2 is 2.17 bits per heavy atom. The van der Waals surface area contributed by atoms with E-state index in [1.54, 1.807) is 6.07 Å². The molecule has 64 valence electrons. The van der Waals surface area contributed by atoms with E-state index in [4.69, 9.17) is 23.2 Å². The average molecular weight is 203 g/mol. The number of benzene rings is 1. The van der Waals surface area contributed by atoms with Gasteiger partial charge in [0, 0.05) is 16.5 Å². The molecule has 1 nitrogen and oxygen atoms in total. The number of carbonyl (C=O) groups is 1. The van der Waals surface area contributed by atoms with E-state index in [0.29, 0.717) is 16.5 Å². The molecule has 0 aromatic heterocycles. The van der Waals surface area contributed by atoms with E-state index in [9.17, 15) is 4.79 Å². The summed E-state index contributed by atoms with van der Waals surface area (Å²) in [4.78, 5) is 10.5. The summed E-state index contributed by atoms with van der Waals surface area (Å²) in [6.45, 7) is 1.86. The number of aldehydes is 1. The highest BCUT2D eigenvalue weighted by molar-refractivity contribution is 6.32. The van der Waals surface area contributed by atoms with Crippen LogP contribution in [-0.2, 0) is 5.88 Å². The van der Waals surface area contributed by atoms with Gasteiger partial charge in [0.15, 0.2) is 0 Å². The van der Waals surface area contributed by atoms with Crippen LogP contribution in [0.5, 0.6) is 0 Å². The second kappa shape index (κ2) is 3.92. The van der Waals surface area contributed by atoms with Crippen LogP contribution in [0.25, 0.3) is 0 Å². The lowest BCUT2D eigenvalue weighted by Crippen LogP contribution is -1.90. The molecule has 0 amide bonds. The first-order chi connectivity index (χ1) is 5.69. The number of hydrogen-bond donors (Lipinski definition) is 0. The molecule has 0 saturated heterocycles. The Morgan fingerprint density at radius 3 is 2.67 bits per heavy atom. The van der Waals surface area contributed by atoms with Gasteiger partial charge in [-0.25, -0.2) is 0 Å². The molecule has 0 unspecified atom stereocenters. The minimum absolute atomic E-state index is 0.374. The molecule has 0 spiro atoms. The number of halogens is 2. The second-order valence-corrected chi connectivity index (χ2v) is 3.23. The predicted molar refractivity (Wildman–Crippen MR) is 51.1 cm³/mol. The molecule has 1 aromatic rings. The van der Waals surface area contributed by atoms with Crippen molar-refractivity contribution in [1.29, 1.82) is 0 Å². The molecular weight excluding hydrogens is 195 g/mol. The van der Waals surface area contributed by atoms with Gasteiger partial charge < -0.3 is 0 Å². The molecule has 0 atom stereocenters. The van der Waals surface area contributed by atoms with Gasteiger partial charge in [0.25, 0.3) is 0 Å². The van der Waals surface area contributed by atoms with Gasteiger partial charge in [0.1, 0.15) is 6.29 Å². The van der Waals surface area contributed by atoms with Crippen LogP contribution in [0.2, 0.25) is 5.02 Å². The SMILES string of the molecule is Cc1cc(CCl)c(Cl)cc1C=O. The van der Waals surface area contributed by atoms with Crippen molar-refractivity contribution in [2.24, 2.45) is 0 Å². The van der Waals surface area contributed by atoms with E-state index in [1.807, 2.05) is 13.0 Å². The van der Waals surface area contributed by atoms with Gasteiger partial charge >= 0.3 is 0 Å². The van der Waals surface area contributed by atoms with Crippen LogP contribution in [0.15, 0.2) is 12.1 Å². The quantitative estimate of drug-likeness (QED) is 0.532. The number of alkyl halides is 1. The summed E-state index contributed by atoms with van der Waals surface area (Å²) in [5.74, 6) is 0.374. The fourth-order valence-electron chi connectivity index (χ4n) is 0.986. The largest absolute Gasteiger partial charge is 0.298 e. The van der Waals surface area contributed by atoms with Crippen LogP contribution < -0.4 is 0 Å². The van der Waals surface area contributed by atoms with Crippen LogP contribution >= 0.6 is 23.2 Å². The fraction of sp³-hybridized carbons (Fsp3) is 0.222. The van der Waals surface area contributed by atoms with Crippen LogP contribution in [0.1, 0.15) is 21.5 Å². The lowest BCUT2D eigenvalue weighted by molar-refractivity contribution is 0.112. The first-order valence-corrected chi connectivity index (χ1v) is 4.40. The van der Waals surface area contributed by atoms with Gasteiger partial charge in [-0.1, -0.05) is 17.7 Å². The minimum atomic E-state index is 0.374. The maximum atomic E-state index is 10.5. The van der Waals surface area contributed by atoms with Crippen molar-refractivity contribution in [1.82, 2.24) is 0 Å². The topological polar surface area (TPSA) is 17.1 Å². The number of carbonyl (C=O) groups excluding carboxylic acids is 1. The number of rotatable bonds is 2.